The average Bonchev–Trinajstić information content (AvgIpc) is 3.27. The van der Waals surface area contributed by atoms with Gasteiger partial charge < -0.3 is 15.4 Å². The van der Waals surface area contributed by atoms with E-state index in [2.05, 4.69) is 28.8 Å². The van der Waals surface area contributed by atoms with Crippen molar-refractivity contribution in [2.24, 2.45) is 5.92 Å². The van der Waals surface area contributed by atoms with Crippen LogP contribution in [0.5, 0.6) is 0 Å². The van der Waals surface area contributed by atoms with Gasteiger partial charge in [0.1, 0.15) is 0 Å². The lowest BCUT2D eigenvalue weighted by atomic mass is 9.95. The number of rotatable bonds is 3. The Morgan fingerprint density at radius 3 is 2.81 bits per heavy atom. The highest BCUT2D eigenvalue weighted by Crippen LogP contribution is 2.38. The van der Waals surface area contributed by atoms with Crippen molar-refractivity contribution < 1.29 is 9.53 Å². The van der Waals surface area contributed by atoms with Crippen LogP contribution in [0.25, 0.3) is 0 Å². The molecule has 2 N–H and O–H groups in total. The van der Waals surface area contributed by atoms with Gasteiger partial charge in [0.2, 0.25) is 5.91 Å². The molecule has 1 aromatic carbocycles. The molecule has 3 aliphatic rings. The van der Waals surface area contributed by atoms with Gasteiger partial charge in [0, 0.05) is 13.2 Å². The SMILES string of the molecule is O=C(NC1CCOC1C1CC1)[C@H]1Cc2ccccc2CN1. The van der Waals surface area contributed by atoms with Crippen LogP contribution in [0.15, 0.2) is 24.3 Å². The summed E-state index contributed by atoms with van der Waals surface area (Å²) in [7, 11) is 0. The second-order valence-corrected chi connectivity index (χ2v) is 6.48. The molecule has 2 heterocycles. The highest BCUT2D eigenvalue weighted by molar-refractivity contribution is 5.82. The lowest BCUT2D eigenvalue weighted by Crippen LogP contribution is -2.52. The van der Waals surface area contributed by atoms with Gasteiger partial charge in [-0.05, 0) is 42.7 Å². The van der Waals surface area contributed by atoms with Gasteiger partial charge in [-0.2, -0.15) is 0 Å². The van der Waals surface area contributed by atoms with Crippen LogP contribution >= 0.6 is 0 Å². The lowest BCUT2D eigenvalue weighted by Gasteiger charge is -2.27. The summed E-state index contributed by atoms with van der Waals surface area (Å²) >= 11 is 0. The molecule has 2 unspecified atom stereocenters. The van der Waals surface area contributed by atoms with Crippen molar-refractivity contribution in [3.63, 3.8) is 0 Å². The first-order chi connectivity index (χ1) is 10.3. The van der Waals surface area contributed by atoms with E-state index in [0.717, 1.165) is 26.0 Å². The number of nitrogens with one attached hydrogen (secondary N) is 2. The molecule has 1 saturated carbocycles. The number of carbonyl (C=O) groups is 1. The Bertz CT molecular complexity index is 541. The van der Waals surface area contributed by atoms with Crippen molar-refractivity contribution in [2.45, 2.75) is 50.4 Å². The van der Waals surface area contributed by atoms with Crippen LogP contribution in [0.3, 0.4) is 0 Å². The molecule has 1 amide bonds. The zero-order valence-electron chi connectivity index (χ0n) is 12.2. The first kappa shape index (κ1) is 13.3. The molecule has 3 atom stereocenters. The van der Waals surface area contributed by atoms with E-state index in [-0.39, 0.29) is 24.1 Å². The number of hydrogen-bond acceptors (Lipinski definition) is 3. The van der Waals surface area contributed by atoms with Crippen molar-refractivity contribution in [1.82, 2.24) is 10.6 Å². The zero-order valence-corrected chi connectivity index (χ0v) is 12.2. The molecule has 0 spiro atoms. The van der Waals surface area contributed by atoms with Crippen LogP contribution in [0, 0.1) is 5.92 Å². The van der Waals surface area contributed by atoms with E-state index in [1.54, 1.807) is 0 Å². The van der Waals surface area contributed by atoms with Gasteiger partial charge in [0.15, 0.2) is 0 Å². The monoisotopic (exact) mass is 286 g/mol. The average molecular weight is 286 g/mol. The molecular formula is C17H22N2O2. The van der Waals surface area contributed by atoms with Crippen molar-refractivity contribution in [3.05, 3.63) is 35.4 Å². The second kappa shape index (κ2) is 5.43. The van der Waals surface area contributed by atoms with Crippen LogP contribution in [0.4, 0.5) is 0 Å². The Kier molecular flexibility index (Phi) is 3.43. The fourth-order valence-corrected chi connectivity index (χ4v) is 3.58. The lowest BCUT2D eigenvalue weighted by molar-refractivity contribution is -0.124. The van der Waals surface area contributed by atoms with Crippen molar-refractivity contribution in [3.8, 4) is 0 Å². The maximum absolute atomic E-state index is 12.5. The Hall–Kier alpha value is -1.39. The van der Waals surface area contributed by atoms with E-state index in [1.807, 2.05) is 6.07 Å². The predicted molar refractivity (Wildman–Crippen MR) is 79.8 cm³/mol. The molecule has 0 radical (unpaired) electrons. The smallest absolute Gasteiger partial charge is 0.237 e. The van der Waals surface area contributed by atoms with Crippen molar-refractivity contribution >= 4 is 5.91 Å². The molecule has 0 aromatic heterocycles. The van der Waals surface area contributed by atoms with Gasteiger partial charge in [0.05, 0.1) is 18.2 Å². The number of hydrogen-bond donors (Lipinski definition) is 2. The van der Waals surface area contributed by atoms with E-state index >= 15 is 0 Å². The van der Waals surface area contributed by atoms with E-state index in [1.165, 1.54) is 24.0 Å². The molecule has 2 fully saturated rings. The first-order valence-corrected chi connectivity index (χ1v) is 8.03. The standard InChI is InChI=1S/C17H22N2O2/c20-17(19-14-7-8-21-16(14)11-5-6-11)15-9-12-3-1-2-4-13(12)10-18-15/h1-4,11,14-16,18H,5-10H2,(H,19,20)/t14?,15-,16?/m1/s1. The second-order valence-electron chi connectivity index (χ2n) is 6.48. The molecule has 0 bridgehead atoms. The third-order valence-corrected chi connectivity index (χ3v) is 4.95. The van der Waals surface area contributed by atoms with E-state index in [4.69, 9.17) is 4.74 Å². The van der Waals surface area contributed by atoms with Gasteiger partial charge in [-0.25, -0.2) is 0 Å². The van der Waals surface area contributed by atoms with Crippen molar-refractivity contribution in [2.75, 3.05) is 6.61 Å². The number of amides is 1. The largest absolute Gasteiger partial charge is 0.376 e. The quantitative estimate of drug-likeness (QED) is 0.883. The van der Waals surface area contributed by atoms with Gasteiger partial charge >= 0.3 is 0 Å². The third-order valence-electron chi connectivity index (χ3n) is 4.95. The summed E-state index contributed by atoms with van der Waals surface area (Å²) in [6, 6.07) is 8.46. The summed E-state index contributed by atoms with van der Waals surface area (Å²) in [4.78, 5) is 12.5. The maximum atomic E-state index is 12.5. The van der Waals surface area contributed by atoms with Crippen LogP contribution in [0.1, 0.15) is 30.4 Å². The third kappa shape index (κ3) is 2.70. The maximum Gasteiger partial charge on any atom is 0.237 e. The molecule has 1 aromatic rings. The van der Waals surface area contributed by atoms with Crippen LogP contribution in [-0.4, -0.2) is 30.7 Å². The normalized spacial score (nSPS) is 31.7. The van der Waals surface area contributed by atoms with E-state index < -0.39 is 0 Å². The summed E-state index contributed by atoms with van der Waals surface area (Å²) in [5.41, 5.74) is 2.60. The minimum Gasteiger partial charge on any atom is -0.376 e. The van der Waals surface area contributed by atoms with Crippen LogP contribution in [-0.2, 0) is 22.5 Å². The predicted octanol–water partition coefficient (Wildman–Crippen LogP) is 1.38. The Morgan fingerprint density at radius 2 is 2.00 bits per heavy atom. The van der Waals surface area contributed by atoms with Crippen molar-refractivity contribution in [1.29, 1.82) is 0 Å². The Morgan fingerprint density at radius 1 is 1.19 bits per heavy atom. The summed E-state index contributed by atoms with van der Waals surface area (Å²) in [6.07, 6.45) is 4.50. The van der Waals surface area contributed by atoms with E-state index in [9.17, 15) is 4.79 Å². The molecule has 1 saturated heterocycles. The van der Waals surface area contributed by atoms with Gasteiger partial charge in [0.25, 0.3) is 0 Å². The van der Waals surface area contributed by atoms with Gasteiger partial charge in [-0.15, -0.1) is 0 Å². The first-order valence-electron chi connectivity index (χ1n) is 8.03. The minimum atomic E-state index is -0.111. The molecule has 2 aliphatic heterocycles. The minimum absolute atomic E-state index is 0.111. The van der Waals surface area contributed by atoms with Gasteiger partial charge in [-0.3, -0.25) is 4.79 Å². The van der Waals surface area contributed by atoms with Gasteiger partial charge in [-0.1, -0.05) is 24.3 Å². The van der Waals surface area contributed by atoms with Crippen LogP contribution in [0.2, 0.25) is 0 Å². The number of benzene rings is 1. The summed E-state index contributed by atoms with van der Waals surface area (Å²) in [6.45, 7) is 1.56. The number of fused-ring (bicyclic) bond motifs is 1. The molecule has 21 heavy (non-hydrogen) atoms. The van der Waals surface area contributed by atoms with Crippen LogP contribution < -0.4 is 10.6 Å². The fourth-order valence-electron chi connectivity index (χ4n) is 3.58. The Labute approximate surface area is 125 Å². The molecule has 4 heteroatoms. The number of ether oxygens (including phenoxy) is 1. The molecule has 112 valence electrons. The fraction of sp³-hybridized carbons (Fsp3) is 0.588. The Balaban J connectivity index is 1.39. The molecule has 4 rings (SSSR count). The molecule has 1 aliphatic carbocycles. The summed E-state index contributed by atoms with van der Waals surface area (Å²) in [5, 5.41) is 6.58. The highest BCUT2D eigenvalue weighted by Gasteiger charge is 2.41. The molecular weight excluding hydrogens is 264 g/mol. The number of carbonyl (C=O) groups excluding carboxylic acids is 1. The molecule has 4 nitrogen and oxygen atoms in total. The topological polar surface area (TPSA) is 50.4 Å². The van der Waals surface area contributed by atoms with E-state index in [0.29, 0.717) is 5.92 Å². The zero-order chi connectivity index (χ0) is 14.2. The highest BCUT2D eigenvalue weighted by atomic mass is 16.5. The summed E-state index contributed by atoms with van der Waals surface area (Å²) in [5.74, 6) is 0.809. The summed E-state index contributed by atoms with van der Waals surface area (Å²) < 4.78 is 5.80.